The number of para-hydroxylation sites is 1. The Labute approximate surface area is 116 Å². The number of hydrogen-bond donors (Lipinski definition) is 1. The molecule has 1 N–H and O–H groups in total. The lowest BCUT2D eigenvalue weighted by Crippen LogP contribution is -2.30. The van der Waals surface area contributed by atoms with E-state index in [1.165, 1.54) is 18.2 Å². The number of amides is 1. The fraction of sp³-hybridized carbons (Fsp3) is 0.357. The van der Waals surface area contributed by atoms with Gasteiger partial charge in [-0.05, 0) is 26.1 Å². The summed E-state index contributed by atoms with van der Waals surface area (Å²) in [6, 6.07) is 4.93. The molecule has 0 aromatic heterocycles. The molecule has 0 aliphatic heterocycles. The monoisotopic (exact) mass is 286 g/mol. The molecule has 6 heteroatoms. The van der Waals surface area contributed by atoms with E-state index in [1.54, 1.807) is 11.9 Å². The van der Waals surface area contributed by atoms with Crippen molar-refractivity contribution < 1.29 is 18.0 Å². The average molecular weight is 286 g/mol. The average Bonchev–Trinajstić information content (AvgIpc) is 2.35. The van der Waals surface area contributed by atoms with E-state index in [-0.39, 0.29) is 12.2 Å². The van der Waals surface area contributed by atoms with Crippen LogP contribution in [0.4, 0.5) is 18.9 Å². The number of nitrogens with zero attached hydrogens (tertiary/aromatic N) is 1. The highest BCUT2D eigenvalue weighted by atomic mass is 19.4. The minimum atomic E-state index is -4.49. The molecule has 0 saturated carbocycles. The first-order valence-electron chi connectivity index (χ1n) is 6.10. The number of carbonyl (C=O) groups is 1. The molecule has 1 aromatic carbocycles. The van der Waals surface area contributed by atoms with Crippen LogP contribution in [0.25, 0.3) is 0 Å². The van der Waals surface area contributed by atoms with Crippen molar-refractivity contribution in [2.24, 2.45) is 0 Å². The Kier molecular flexibility index (Phi) is 5.76. The topological polar surface area (TPSA) is 32.3 Å². The Balaban J connectivity index is 2.72. The molecular formula is C14H17F3N2O. The zero-order chi connectivity index (χ0) is 15.2. The van der Waals surface area contributed by atoms with Crippen molar-refractivity contribution in [1.29, 1.82) is 0 Å². The van der Waals surface area contributed by atoms with Crippen molar-refractivity contribution in [1.82, 2.24) is 4.90 Å². The first-order chi connectivity index (χ1) is 9.34. The van der Waals surface area contributed by atoms with Crippen LogP contribution in [0.15, 0.2) is 36.4 Å². The van der Waals surface area contributed by atoms with E-state index in [2.05, 4.69) is 5.32 Å². The second-order valence-corrected chi connectivity index (χ2v) is 4.36. The number of allylic oxidation sites excluding steroid dienone is 1. The molecule has 1 rings (SSSR count). The van der Waals surface area contributed by atoms with Gasteiger partial charge in [0.25, 0.3) is 0 Å². The lowest BCUT2D eigenvalue weighted by molar-refractivity contribution is -0.137. The molecule has 3 nitrogen and oxygen atoms in total. The summed E-state index contributed by atoms with van der Waals surface area (Å²) in [5, 5.41) is 2.30. The molecule has 110 valence electrons. The van der Waals surface area contributed by atoms with Gasteiger partial charge in [0.05, 0.1) is 17.8 Å². The van der Waals surface area contributed by atoms with Crippen molar-refractivity contribution in [3.8, 4) is 0 Å². The van der Waals surface area contributed by atoms with Crippen LogP contribution in [0.3, 0.4) is 0 Å². The maximum absolute atomic E-state index is 12.8. The predicted molar refractivity (Wildman–Crippen MR) is 72.4 cm³/mol. The van der Waals surface area contributed by atoms with Crippen LogP contribution in [0, 0.1) is 0 Å². The van der Waals surface area contributed by atoms with Crippen molar-refractivity contribution in [3.63, 3.8) is 0 Å². The van der Waals surface area contributed by atoms with Crippen molar-refractivity contribution in [3.05, 3.63) is 42.0 Å². The van der Waals surface area contributed by atoms with E-state index in [0.717, 1.165) is 6.07 Å². The van der Waals surface area contributed by atoms with Gasteiger partial charge >= 0.3 is 6.18 Å². The van der Waals surface area contributed by atoms with Crippen LogP contribution < -0.4 is 5.32 Å². The smallest absolute Gasteiger partial charge is 0.324 e. The number of benzene rings is 1. The number of nitrogens with one attached hydrogen (secondary N) is 1. The molecule has 0 atom stereocenters. The van der Waals surface area contributed by atoms with Gasteiger partial charge in [0.1, 0.15) is 0 Å². The van der Waals surface area contributed by atoms with Crippen LogP contribution in [0.1, 0.15) is 12.5 Å². The van der Waals surface area contributed by atoms with Gasteiger partial charge in [-0.15, -0.1) is 0 Å². The van der Waals surface area contributed by atoms with Gasteiger partial charge < -0.3 is 5.32 Å². The molecular weight excluding hydrogens is 269 g/mol. The molecule has 0 unspecified atom stereocenters. The summed E-state index contributed by atoms with van der Waals surface area (Å²) in [4.78, 5) is 13.4. The molecule has 1 amide bonds. The highest BCUT2D eigenvalue weighted by molar-refractivity contribution is 5.93. The summed E-state index contributed by atoms with van der Waals surface area (Å²) in [6.45, 7) is 2.44. The minimum absolute atomic E-state index is 0.0243. The van der Waals surface area contributed by atoms with Gasteiger partial charge in [-0.2, -0.15) is 13.2 Å². The second-order valence-electron chi connectivity index (χ2n) is 4.36. The third-order valence-electron chi connectivity index (χ3n) is 2.57. The Morgan fingerprint density at radius 3 is 2.60 bits per heavy atom. The van der Waals surface area contributed by atoms with Crippen molar-refractivity contribution in [2.75, 3.05) is 25.5 Å². The van der Waals surface area contributed by atoms with E-state index in [0.29, 0.717) is 6.54 Å². The lowest BCUT2D eigenvalue weighted by atomic mass is 10.1. The van der Waals surface area contributed by atoms with Crippen LogP contribution in [0.5, 0.6) is 0 Å². The SMILES string of the molecule is C/C=C/CN(C)CC(=O)Nc1ccccc1C(F)(F)F. The second kappa shape index (κ2) is 7.09. The number of rotatable bonds is 5. The summed E-state index contributed by atoms with van der Waals surface area (Å²) < 4.78 is 38.3. The van der Waals surface area contributed by atoms with Crippen LogP contribution >= 0.6 is 0 Å². The fourth-order valence-electron chi connectivity index (χ4n) is 1.62. The molecule has 0 heterocycles. The molecule has 0 aliphatic rings. The molecule has 0 aliphatic carbocycles. The zero-order valence-electron chi connectivity index (χ0n) is 11.4. The first kappa shape index (κ1) is 16.2. The van der Waals surface area contributed by atoms with E-state index >= 15 is 0 Å². The highest BCUT2D eigenvalue weighted by Crippen LogP contribution is 2.34. The first-order valence-corrected chi connectivity index (χ1v) is 6.10. The Morgan fingerprint density at radius 2 is 2.00 bits per heavy atom. The van der Waals surface area contributed by atoms with E-state index in [1.807, 2.05) is 19.1 Å². The van der Waals surface area contributed by atoms with Gasteiger partial charge in [0.15, 0.2) is 0 Å². The molecule has 0 spiro atoms. The third-order valence-corrected chi connectivity index (χ3v) is 2.57. The van der Waals surface area contributed by atoms with Crippen LogP contribution in [-0.4, -0.2) is 30.9 Å². The molecule has 0 bridgehead atoms. The fourth-order valence-corrected chi connectivity index (χ4v) is 1.62. The summed E-state index contributed by atoms with van der Waals surface area (Å²) in [7, 11) is 1.72. The number of alkyl halides is 3. The third kappa shape index (κ3) is 5.05. The Bertz CT molecular complexity index is 484. The summed E-state index contributed by atoms with van der Waals surface area (Å²) >= 11 is 0. The maximum Gasteiger partial charge on any atom is 0.418 e. The van der Waals surface area contributed by atoms with Crippen molar-refractivity contribution in [2.45, 2.75) is 13.1 Å². The van der Waals surface area contributed by atoms with Gasteiger partial charge in [0.2, 0.25) is 5.91 Å². The number of carbonyl (C=O) groups excluding carboxylic acids is 1. The quantitative estimate of drug-likeness (QED) is 0.843. The molecule has 20 heavy (non-hydrogen) atoms. The molecule has 1 aromatic rings. The van der Waals surface area contributed by atoms with E-state index < -0.39 is 17.6 Å². The minimum Gasteiger partial charge on any atom is -0.324 e. The van der Waals surface area contributed by atoms with Gasteiger partial charge in [-0.3, -0.25) is 9.69 Å². The molecule has 0 radical (unpaired) electrons. The summed E-state index contributed by atoms with van der Waals surface area (Å²) in [6.07, 6.45) is -0.787. The Hall–Kier alpha value is -1.82. The van der Waals surface area contributed by atoms with Crippen LogP contribution in [-0.2, 0) is 11.0 Å². The lowest BCUT2D eigenvalue weighted by Gasteiger charge is -2.16. The van der Waals surface area contributed by atoms with Gasteiger partial charge in [-0.1, -0.05) is 24.3 Å². The highest BCUT2D eigenvalue weighted by Gasteiger charge is 2.33. The maximum atomic E-state index is 12.8. The zero-order valence-corrected chi connectivity index (χ0v) is 11.4. The molecule has 0 fully saturated rings. The van der Waals surface area contributed by atoms with E-state index in [4.69, 9.17) is 0 Å². The standard InChI is InChI=1S/C14H17F3N2O/c1-3-4-9-19(2)10-13(20)18-12-8-6-5-7-11(12)14(15,16)17/h3-8H,9-10H2,1-2H3,(H,18,20)/b4-3+. The van der Waals surface area contributed by atoms with Gasteiger partial charge in [0, 0.05) is 6.54 Å². The largest absolute Gasteiger partial charge is 0.418 e. The number of likely N-dealkylation sites (N-methyl/N-ethyl adjacent to an activating group) is 1. The number of anilines is 1. The Morgan fingerprint density at radius 1 is 1.35 bits per heavy atom. The number of halogens is 3. The number of hydrogen-bond acceptors (Lipinski definition) is 2. The normalized spacial score (nSPS) is 12.1. The van der Waals surface area contributed by atoms with Gasteiger partial charge in [-0.25, -0.2) is 0 Å². The van der Waals surface area contributed by atoms with Crippen molar-refractivity contribution >= 4 is 11.6 Å². The summed E-state index contributed by atoms with van der Waals surface area (Å²) in [5.41, 5.74) is -1.06. The summed E-state index contributed by atoms with van der Waals surface area (Å²) in [5.74, 6) is -0.478. The predicted octanol–water partition coefficient (Wildman–Crippen LogP) is 3.15. The van der Waals surface area contributed by atoms with Crippen LogP contribution in [0.2, 0.25) is 0 Å². The van der Waals surface area contributed by atoms with E-state index in [9.17, 15) is 18.0 Å². The molecule has 0 saturated heterocycles.